The minimum Gasteiger partial charge on any atom is -0.480 e. The molecule has 0 bridgehead atoms. The lowest BCUT2D eigenvalue weighted by atomic mass is 10.1. The number of hydrogen-bond donors (Lipinski definition) is 2. The molecule has 1 atom stereocenters. The van der Waals surface area contributed by atoms with Crippen molar-refractivity contribution in [2.75, 3.05) is 13.7 Å². The van der Waals surface area contributed by atoms with Gasteiger partial charge in [0, 0.05) is 19.6 Å². The summed E-state index contributed by atoms with van der Waals surface area (Å²) in [7, 11) is 1.57. The van der Waals surface area contributed by atoms with Gasteiger partial charge in [0.25, 0.3) is 0 Å². The summed E-state index contributed by atoms with van der Waals surface area (Å²) in [6.45, 7) is 0.517. The zero-order valence-electron chi connectivity index (χ0n) is 8.86. The van der Waals surface area contributed by atoms with E-state index >= 15 is 0 Å². The first-order valence-electron chi connectivity index (χ1n) is 5.17. The Labute approximate surface area is 88.8 Å². The predicted molar refractivity (Wildman–Crippen MR) is 53.4 cm³/mol. The molecule has 86 valence electrons. The maximum Gasteiger partial charge on any atom is 0.326 e. The number of carbonyl (C=O) groups excluding carboxylic acids is 1. The van der Waals surface area contributed by atoms with E-state index in [-0.39, 0.29) is 11.8 Å². The lowest BCUT2D eigenvalue weighted by Gasteiger charge is -2.13. The van der Waals surface area contributed by atoms with Crippen LogP contribution in [0.1, 0.15) is 25.7 Å². The average molecular weight is 215 g/mol. The van der Waals surface area contributed by atoms with Crippen molar-refractivity contribution in [2.45, 2.75) is 31.7 Å². The average Bonchev–Trinajstić information content (AvgIpc) is 2.99. The van der Waals surface area contributed by atoms with Crippen LogP contribution in [0.15, 0.2) is 0 Å². The highest BCUT2D eigenvalue weighted by atomic mass is 16.5. The van der Waals surface area contributed by atoms with Gasteiger partial charge in [0.1, 0.15) is 6.04 Å². The van der Waals surface area contributed by atoms with Crippen LogP contribution in [0.25, 0.3) is 0 Å². The summed E-state index contributed by atoms with van der Waals surface area (Å²) in [5.41, 5.74) is 0. The Bertz CT molecular complexity index is 238. The highest BCUT2D eigenvalue weighted by Crippen LogP contribution is 2.28. The van der Waals surface area contributed by atoms with Gasteiger partial charge in [-0.2, -0.15) is 0 Å². The third-order valence-electron chi connectivity index (χ3n) is 2.40. The maximum absolute atomic E-state index is 11.3. The Kier molecular flexibility index (Phi) is 4.55. The predicted octanol–water partition coefficient (Wildman–Crippen LogP) is 0.392. The topological polar surface area (TPSA) is 75.6 Å². The van der Waals surface area contributed by atoms with Crippen LogP contribution in [0.3, 0.4) is 0 Å². The highest BCUT2D eigenvalue weighted by molar-refractivity contribution is 5.86. The van der Waals surface area contributed by atoms with Crippen LogP contribution in [-0.4, -0.2) is 36.7 Å². The lowest BCUT2D eigenvalue weighted by Crippen LogP contribution is -2.41. The van der Waals surface area contributed by atoms with Crippen molar-refractivity contribution >= 4 is 11.9 Å². The van der Waals surface area contributed by atoms with E-state index in [9.17, 15) is 9.59 Å². The van der Waals surface area contributed by atoms with Gasteiger partial charge < -0.3 is 15.2 Å². The molecule has 5 heteroatoms. The number of carboxylic acid groups (broad SMARTS) is 1. The minimum absolute atomic E-state index is 0.0503. The monoisotopic (exact) mass is 215 g/mol. The number of carbonyl (C=O) groups is 2. The van der Waals surface area contributed by atoms with Gasteiger partial charge in [-0.25, -0.2) is 4.79 Å². The zero-order valence-corrected chi connectivity index (χ0v) is 8.86. The Morgan fingerprint density at radius 3 is 2.67 bits per heavy atom. The number of hydrogen-bond acceptors (Lipinski definition) is 3. The quantitative estimate of drug-likeness (QED) is 0.602. The van der Waals surface area contributed by atoms with Gasteiger partial charge in [0.05, 0.1) is 0 Å². The normalized spacial score (nSPS) is 17.1. The first kappa shape index (κ1) is 12.0. The summed E-state index contributed by atoms with van der Waals surface area (Å²) >= 11 is 0. The van der Waals surface area contributed by atoms with Crippen LogP contribution in [-0.2, 0) is 14.3 Å². The molecule has 0 radical (unpaired) electrons. The molecule has 1 aliphatic rings. The largest absolute Gasteiger partial charge is 0.480 e. The van der Waals surface area contributed by atoms with Gasteiger partial charge in [-0.3, -0.25) is 4.79 Å². The second-order valence-corrected chi connectivity index (χ2v) is 3.81. The molecule has 0 saturated heterocycles. The van der Waals surface area contributed by atoms with Gasteiger partial charge in [-0.1, -0.05) is 0 Å². The summed E-state index contributed by atoms with van der Waals surface area (Å²) < 4.78 is 4.83. The van der Waals surface area contributed by atoms with Crippen LogP contribution in [0, 0.1) is 5.92 Å². The van der Waals surface area contributed by atoms with Crippen molar-refractivity contribution in [1.82, 2.24) is 5.32 Å². The summed E-state index contributed by atoms with van der Waals surface area (Å²) in [6, 6.07) is -0.770. The van der Waals surface area contributed by atoms with Gasteiger partial charge in [-0.05, 0) is 25.7 Å². The number of amides is 1. The second kappa shape index (κ2) is 5.70. The van der Waals surface area contributed by atoms with Gasteiger partial charge in [0.15, 0.2) is 0 Å². The molecule has 1 rings (SSSR count). The Balaban J connectivity index is 2.28. The molecule has 5 nitrogen and oxygen atoms in total. The van der Waals surface area contributed by atoms with Crippen molar-refractivity contribution < 1.29 is 19.4 Å². The van der Waals surface area contributed by atoms with Crippen molar-refractivity contribution in [1.29, 1.82) is 0 Å². The van der Waals surface area contributed by atoms with E-state index in [1.807, 2.05) is 0 Å². The summed E-state index contributed by atoms with van der Waals surface area (Å²) in [4.78, 5) is 22.2. The Morgan fingerprint density at radius 1 is 1.53 bits per heavy atom. The molecular weight excluding hydrogens is 198 g/mol. The molecule has 1 fully saturated rings. The fraction of sp³-hybridized carbons (Fsp3) is 0.800. The molecule has 1 amide bonds. The molecule has 0 heterocycles. The van der Waals surface area contributed by atoms with E-state index in [1.54, 1.807) is 7.11 Å². The summed E-state index contributed by atoms with van der Waals surface area (Å²) in [5, 5.41) is 11.4. The van der Waals surface area contributed by atoms with Crippen LogP contribution in [0.5, 0.6) is 0 Å². The fourth-order valence-electron chi connectivity index (χ4n) is 1.32. The first-order valence-corrected chi connectivity index (χ1v) is 5.17. The van der Waals surface area contributed by atoms with E-state index in [4.69, 9.17) is 9.84 Å². The van der Waals surface area contributed by atoms with Crippen LogP contribution in [0.2, 0.25) is 0 Å². The molecular formula is C10H17NO4. The van der Waals surface area contributed by atoms with E-state index in [1.165, 1.54) is 0 Å². The molecule has 0 aromatic rings. The number of methoxy groups -OCH3 is 1. The third-order valence-corrected chi connectivity index (χ3v) is 2.40. The summed E-state index contributed by atoms with van der Waals surface area (Å²) in [5.74, 6) is -1.05. The molecule has 1 aliphatic carbocycles. The second-order valence-electron chi connectivity index (χ2n) is 3.81. The molecule has 0 spiro atoms. The fourth-order valence-corrected chi connectivity index (χ4v) is 1.32. The number of rotatable bonds is 7. The van der Waals surface area contributed by atoms with Gasteiger partial charge in [-0.15, -0.1) is 0 Å². The van der Waals surface area contributed by atoms with Crippen LogP contribution < -0.4 is 5.32 Å². The molecule has 0 aromatic carbocycles. The highest BCUT2D eigenvalue weighted by Gasteiger charge is 2.32. The number of aliphatic carboxylic acids is 1. The van der Waals surface area contributed by atoms with Crippen molar-refractivity contribution in [3.05, 3.63) is 0 Å². The minimum atomic E-state index is -0.972. The number of ether oxygens (including phenoxy) is 1. The number of carboxylic acids is 1. The van der Waals surface area contributed by atoms with Crippen molar-refractivity contribution in [3.8, 4) is 0 Å². The maximum atomic E-state index is 11.3. The Hall–Kier alpha value is -1.10. The summed E-state index contributed by atoms with van der Waals surface area (Å²) in [6.07, 6.45) is 2.83. The molecule has 0 aliphatic heterocycles. The number of nitrogens with one attached hydrogen (secondary N) is 1. The van der Waals surface area contributed by atoms with E-state index in [0.717, 1.165) is 12.8 Å². The SMILES string of the molecule is COCCCC(NC(=O)C1CC1)C(=O)O. The lowest BCUT2D eigenvalue weighted by molar-refractivity contribution is -0.142. The third kappa shape index (κ3) is 4.29. The Morgan fingerprint density at radius 2 is 2.20 bits per heavy atom. The molecule has 0 aromatic heterocycles. The van der Waals surface area contributed by atoms with Gasteiger partial charge >= 0.3 is 5.97 Å². The van der Waals surface area contributed by atoms with Crippen LogP contribution in [0.4, 0.5) is 0 Å². The smallest absolute Gasteiger partial charge is 0.326 e. The van der Waals surface area contributed by atoms with Crippen molar-refractivity contribution in [2.24, 2.45) is 5.92 Å². The van der Waals surface area contributed by atoms with E-state index in [0.29, 0.717) is 19.4 Å². The molecule has 2 N–H and O–H groups in total. The van der Waals surface area contributed by atoms with E-state index < -0.39 is 12.0 Å². The molecule has 1 unspecified atom stereocenters. The molecule has 1 saturated carbocycles. The zero-order chi connectivity index (χ0) is 11.3. The first-order chi connectivity index (χ1) is 7.15. The van der Waals surface area contributed by atoms with Crippen molar-refractivity contribution in [3.63, 3.8) is 0 Å². The standard InChI is InChI=1S/C10H17NO4/c1-15-6-2-3-8(10(13)14)11-9(12)7-4-5-7/h7-8H,2-6H2,1H3,(H,11,12)(H,13,14). The van der Waals surface area contributed by atoms with E-state index in [2.05, 4.69) is 5.32 Å². The molecule has 15 heavy (non-hydrogen) atoms. The van der Waals surface area contributed by atoms with Gasteiger partial charge in [0.2, 0.25) is 5.91 Å². The van der Waals surface area contributed by atoms with Crippen LogP contribution >= 0.6 is 0 Å².